The quantitative estimate of drug-likeness (QED) is 0.308. The number of aryl methyl sites for hydroxylation is 1. The molecule has 7 heteroatoms. The number of benzene rings is 3. The maximum absolute atomic E-state index is 12.7. The van der Waals surface area contributed by atoms with Gasteiger partial charge in [-0.2, -0.15) is 8.78 Å². The van der Waals surface area contributed by atoms with E-state index in [4.69, 9.17) is 10.5 Å². The normalized spacial score (nSPS) is 17.9. The molecule has 38 heavy (non-hydrogen) atoms. The minimum atomic E-state index is -2.85. The summed E-state index contributed by atoms with van der Waals surface area (Å²) in [6, 6.07) is 21.1. The second kappa shape index (κ2) is 11.9. The number of halogens is 3. The van der Waals surface area contributed by atoms with E-state index in [-0.39, 0.29) is 18.5 Å². The highest BCUT2D eigenvalue weighted by atomic mass is 19.3. The van der Waals surface area contributed by atoms with Gasteiger partial charge >= 0.3 is 6.61 Å². The van der Waals surface area contributed by atoms with Crippen LogP contribution in [-0.2, 0) is 6.42 Å². The van der Waals surface area contributed by atoms with Crippen molar-refractivity contribution < 1.29 is 22.6 Å². The molecule has 200 valence electrons. The molecule has 0 spiro atoms. The molecule has 0 radical (unpaired) electrons. The Labute approximate surface area is 221 Å². The molecule has 0 aromatic heterocycles. The predicted molar refractivity (Wildman–Crippen MR) is 145 cm³/mol. The zero-order chi connectivity index (χ0) is 26.5. The first kappa shape index (κ1) is 26.2. The third kappa shape index (κ3) is 6.16. The highest BCUT2D eigenvalue weighted by Gasteiger charge is 2.24. The summed E-state index contributed by atoms with van der Waals surface area (Å²) >= 11 is 0. The number of nitrogen functional groups attached to an aromatic ring is 1. The monoisotopic (exact) mass is 522 g/mol. The first-order valence-corrected chi connectivity index (χ1v) is 13.2. The van der Waals surface area contributed by atoms with Crippen molar-refractivity contribution in [2.45, 2.75) is 44.8 Å². The van der Waals surface area contributed by atoms with Crippen LogP contribution in [0.1, 0.15) is 47.9 Å². The summed E-state index contributed by atoms with van der Waals surface area (Å²) in [5.74, 6) is 0.956. The van der Waals surface area contributed by atoms with Gasteiger partial charge in [0.15, 0.2) is 0 Å². The first-order chi connectivity index (χ1) is 18.5. The Morgan fingerprint density at radius 3 is 2.39 bits per heavy atom. The number of nitrogens with two attached hydrogens (primary N) is 1. The minimum absolute atomic E-state index is 0.103. The van der Waals surface area contributed by atoms with E-state index in [1.54, 1.807) is 12.1 Å². The molecular formula is C31H33F3N2O2. The van der Waals surface area contributed by atoms with Crippen LogP contribution in [-0.4, -0.2) is 43.9 Å². The van der Waals surface area contributed by atoms with Crippen LogP contribution in [0.15, 0.2) is 66.7 Å². The summed E-state index contributed by atoms with van der Waals surface area (Å²) in [5.41, 5.74) is 13.5. The van der Waals surface area contributed by atoms with E-state index in [2.05, 4.69) is 27.8 Å². The van der Waals surface area contributed by atoms with Crippen LogP contribution >= 0.6 is 0 Å². The van der Waals surface area contributed by atoms with Crippen molar-refractivity contribution in [1.82, 2.24) is 4.90 Å². The van der Waals surface area contributed by atoms with Gasteiger partial charge in [0.1, 0.15) is 17.6 Å². The van der Waals surface area contributed by atoms with Crippen molar-refractivity contribution in [3.63, 3.8) is 0 Å². The molecule has 1 saturated heterocycles. The summed E-state index contributed by atoms with van der Waals surface area (Å²) in [5, 5.41) is 0. The molecular weight excluding hydrogens is 489 g/mol. The molecule has 0 amide bonds. The molecule has 5 rings (SSSR count). The van der Waals surface area contributed by atoms with Crippen LogP contribution in [0.2, 0.25) is 0 Å². The average molecular weight is 523 g/mol. The van der Waals surface area contributed by atoms with Gasteiger partial charge in [-0.25, -0.2) is 0 Å². The van der Waals surface area contributed by atoms with Crippen molar-refractivity contribution in [3.05, 3.63) is 89.0 Å². The number of ether oxygens (including phenoxy) is 2. The zero-order valence-corrected chi connectivity index (χ0v) is 21.3. The molecule has 1 atom stereocenters. The molecule has 4 nitrogen and oxygen atoms in total. The maximum atomic E-state index is 12.7. The lowest BCUT2D eigenvalue weighted by Gasteiger charge is -2.19. The van der Waals surface area contributed by atoms with Gasteiger partial charge < -0.3 is 15.2 Å². The Morgan fingerprint density at radius 1 is 0.921 bits per heavy atom. The second-order valence-corrected chi connectivity index (χ2v) is 9.92. The lowest BCUT2D eigenvalue weighted by Crippen LogP contribution is -2.26. The topological polar surface area (TPSA) is 47.7 Å². The third-order valence-electron chi connectivity index (χ3n) is 7.28. The van der Waals surface area contributed by atoms with Gasteiger partial charge in [-0.05, 0) is 102 Å². The number of likely N-dealkylation sites (tertiary alicyclic amines) is 1. The Kier molecular flexibility index (Phi) is 8.23. The van der Waals surface area contributed by atoms with E-state index in [1.807, 2.05) is 36.4 Å². The molecule has 2 aliphatic rings. The van der Waals surface area contributed by atoms with Crippen molar-refractivity contribution in [2.75, 3.05) is 32.0 Å². The maximum Gasteiger partial charge on any atom is 0.387 e. The average Bonchev–Trinajstić information content (AvgIpc) is 3.27. The summed E-state index contributed by atoms with van der Waals surface area (Å²) in [6.45, 7) is -0.623. The second-order valence-electron chi connectivity index (χ2n) is 9.92. The van der Waals surface area contributed by atoms with E-state index in [1.165, 1.54) is 5.56 Å². The molecule has 0 saturated carbocycles. The molecule has 2 N–H and O–H groups in total. The van der Waals surface area contributed by atoms with Crippen LogP contribution in [0, 0.1) is 0 Å². The number of alkyl halides is 3. The standard InChI is InChI=1S/C31H33F3N2O2/c32-16-2-17-36-18-15-27(20-36)37-25-12-7-22(8-13-25)30-28(21-5-10-26(11-6-21)38-31(33)34)4-1-3-23-19-24(35)9-14-29(23)30/h5-14,19,27,31H,1-4,15-18,20,35H2. The lowest BCUT2D eigenvalue weighted by atomic mass is 9.87. The lowest BCUT2D eigenvalue weighted by molar-refractivity contribution is -0.0498. The summed E-state index contributed by atoms with van der Waals surface area (Å²) in [4.78, 5) is 2.25. The van der Waals surface area contributed by atoms with Crippen LogP contribution < -0.4 is 15.2 Å². The van der Waals surface area contributed by atoms with Gasteiger partial charge in [0.25, 0.3) is 0 Å². The Hall–Kier alpha value is -3.45. The van der Waals surface area contributed by atoms with Crippen molar-refractivity contribution >= 4 is 16.8 Å². The molecule has 1 aliphatic carbocycles. The number of hydrogen-bond donors (Lipinski definition) is 1. The van der Waals surface area contributed by atoms with E-state index in [0.29, 0.717) is 6.42 Å². The number of anilines is 1. The van der Waals surface area contributed by atoms with Crippen LogP contribution in [0.3, 0.4) is 0 Å². The largest absolute Gasteiger partial charge is 0.489 e. The van der Waals surface area contributed by atoms with Crippen molar-refractivity contribution in [3.8, 4) is 11.5 Å². The van der Waals surface area contributed by atoms with Gasteiger partial charge in [-0.15, -0.1) is 0 Å². The van der Waals surface area contributed by atoms with Gasteiger partial charge in [0, 0.05) is 25.3 Å². The summed E-state index contributed by atoms with van der Waals surface area (Å²) in [7, 11) is 0. The van der Waals surface area contributed by atoms with Crippen LogP contribution in [0.5, 0.6) is 11.5 Å². The van der Waals surface area contributed by atoms with Gasteiger partial charge in [0.05, 0.1) is 6.67 Å². The summed E-state index contributed by atoms with van der Waals surface area (Å²) < 4.78 is 48.7. The minimum Gasteiger partial charge on any atom is -0.489 e. The number of fused-ring (bicyclic) bond motifs is 1. The Morgan fingerprint density at radius 2 is 1.66 bits per heavy atom. The molecule has 1 unspecified atom stereocenters. The number of rotatable bonds is 9. The molecule has 3 aromatic rings. The van der Waals surface area contributed by atoms with E-state index in [0.717, 1.165) is 84.6 Å². The first-order valence-electron chi connectivity index (χ1n) is 13.2. The number of nitrogens with zero attached hydrogens (tertiary/aromatic N) is 1. The molecule has 1 fully saturated rings. The fraction of sp³-hybridized carbons (Fsp3) is 0.355. The fourth-order valence-corrected chi connectivity index (χ4v) is 5.54. The van der Waals surface area contributed by atoms with Crippen LogP contribution in [0.25, 0.3) is 11.1 Å². The SMILES string of the molecule is Nc1ccc2c(c1)CCCC(c1ccc(OC(F)F)cc1)=C2c1ccc(OC2CCN(CCCF)C2)cc1. The van der Waals surface area contributed by atoms with Gasteiger partial charge in [-0.1, -0.05) is 30.3 Å². The fourth-order valence-electron chi connectivity index (χ4n) is 5.54. The van der Waals surface area contributed by atoms with Crippen LogP contribution in [0.4, 0.5) is 18.9 Å². The highest BCUT2D eigenvalue weighted by Crippen LogP contribution is 2.41. The molecule has 0 bridgehead atoms. The van der Waals surface area contributed by atoms with E-state index in [9.17, 15) is 13.2 Å². The highest BCUT2D eigenvalue weighted by molar-refractivity contribution is 6.00. The Balaban J connectivity index is 1.45. The number of hydrogen-bond acceptors (Lipinski definition) is 4. The number of allylic oxidation sites excluding steroid dienone is 1. The van der Waals surface area contributed by atoms with Crippen molar-refractivity contribution in [2.24, 2.45) is 0 Å². The molecule has 1 aliphatic heterocycles. The van der Waals surface area contributed by atoms with Crippen molar-refractivity contribution in [1.29, 1.82) is 0 Å². The summed E-state index contributed by atoms with van der Waals surface area (Å²) in [6.07, 6.45) is 4.30. The predicted octanol–water partition coefficient (Wildman–Crippen LogP) is 6.98. The third-order valence-corrected chi connectivity index (χ3v) is 7.28. The smallest absolute Gasteiger partial charge is 0.387 e. The van der Waals surface area contributed by atoms with Gasteiger partial charge in [-0.3, -0.25) is 9.29 Å². The Bertz CT molecular complexity index is 1260. The molecule has 1 heterocycles. The van der Waals surface area contributed by atoms with Gasteiger partial charge in [0.2, 0.25) is 0 Å². The molecule has 3 aromatic carbocycles. The van der Waals surface area contributed by atoms with E-state index >= 15 is 0 Å². The van der Waals surface area contributed by atoms with E-state index < -0.39 is 6.61 Å². The zero-order valence-electron chi connectivity index (χ0n) is 21.3.